The minimum Gasteiger partial charge on any atom is -0.444 e. The van der Waals surface area contributed by atoms with Gasteiger partial charge in [-0.15, -0.1) is 0 Å². The molecule has 2 amide bonds. The molecule has 1 saturated heterocycles. The molecule has 35 heavy (non-hydrogen) atoms. The first kappa shape index (κ1) is 26.8. The summed E-state index contributed by atoms with van der Waals surface area (Å²) < 4.78 is 58.0. The van der Waals surface area contributed by atoms with Crippen molar-refractivity contribution < 1.29 is 31.9 Å². The van der Waals surface area contributed by atoms with Crippen LogP contribution in [-0.4, -0.2) is 49.5 Å². The van der Waals surface area contributed by atoms with Gasteiger partial charge < -0.3 is 10.1 Å². The largest absolute Gasteiger partial charge is 0.451 e. The zero-order chi connectivity index (χ0) is 26.1. The number of carbonyl (C=O) groups excluding carboxylic acids is 2. The minimum atomic E-state index is -4.73. The Hall–Kier alpha value is -2.83. The summed E-state index contributed by atoms with van der Waals surface area (Å²) in [6.07, 6.45) is -2.52. The monoisotopic (exact) mass is 561 g/mol. The van der Waals surface area contributed by atoms with Crippen molar-refractivity contribution in [1.82, 2.24) is 25.2 Å². The lowest BCUT2D eigenvalue weighted by Gasteiger charge is -2.30. The van der Waals surface area contributed by atoms with Gasteiger partial charge in [0.25, 0.3) is 0 Å². The SMILES string of the molecule is CC1CC[C@@H](C(=O)NCc2cc(-c3cnc(C(F)(F)F)nc3)c(F)c(Br)n2)N1C(=O)OC(C)(C)C. The average Bonchev–Trinajstić information content (AvgIpc) is 3.14. The van der Waals surface area contributed by atoms with Gasteiger partial charge in [0, 0.05) is 29.6 Å². The highest BCUT2D eigenvalue weighted by Crippen LogP contribution is 2.30. The fraction of sp³-hybridized carbons (Fsp3) is 0.500. The van der Waals surface area contributed by atoms with Crippen LogP contribution in [0.15, 0.2) is 23.1 Å². The van der Waals surface area contributed by atoms with Crippen molar-refractivity contribution in [1.29, 1.82) is 0 Å². The number of rotatable bonds is 4. The number of nitrogens with zero attached hydrogens (tertiary/aromatic N) is 4. The minimum absolute atomic E-state index is 0.00638. The number of aromatic nitrogens is 3. The van der Waals surface area contributed by atoms with Crippen LogP contribution in [0.2, 0.25) is 0 Å². The van der Waals surface area contributed by atoms with Gasteiger partial charge in [-0.05, 0) is 62.5 Å². The standard InChI is InChI=1S/C22H24BrF4N5O3/c1-11-5-6-15(32(11)20(34)35-21(2,3)4)18(33)28-10-13-7-14(16(24)17(23)31-13)12-8-29-19(30-9-12)22(25,26)27/h7-9,11,15H,5-6,10H2,1-4H3,(H,28,33)/t11?,15-/m0/s1. The van der Waals surface area contributed by atoms with Gasteiger partial charge in [-0.3, -0.25) is 9.69 Å². The maximum absolute atomic E-state index is 14.6. The van der Waals surface area contributed by atoms with Crippen molar-refractivity contribution >= 4 is 27.9 Å². The second-order valence-electron chi connectivity index (χ2n) is 9.11. The normalized spacial score (nSPS) is 18.5. The summed E-state index contributed by atoms with van der Waals surface area (Å²) in [7, 11) is 0. The Balaban J connectivity index is 1.76. The Morgan fingerprint density at radius 3 is 2.40 bits per heavy atom. The Morgan fingerprint density at radius 2 is 1.83 bits per heavy atom. The highest BCUT2D eigenvalue weighted by atomic mass is 79.9. The Bertz CT molecular complexity index is 1110. The summed E-state index contributed by atoms with van der Waals surface area (Å²) in [6.45, 7) is 6.92. The zero-order valence-corrected chi connectivity index (χ0v) is 21.0. The number of hydrogen-bond donors (Lipinski definition) is 1. The van der Waals surface area contributed by atoms with Crippen LogP contribution in [-0.2, 0) is 22.3 Å². The van der Waals surface area contributed by atoms with Crippen molar-refractivity contribution in [3.8, 4) is 11.1 Å². The first-order valence-corrected chi connectivity index (χ1v) is 11.5. The fourth-order valence-corrected chi connectivity index (χ4v) is 4.06. The molecule has 1 fully saturated rings. The van der Waals surface area contributed by atoms with Crippen molar-refractivity contribution in [2.24, 2.45) is 0 Å². The first-order valence-electron chi connectivity index (χ1n) is 10.7. The topological polar surface area (TPSA) is 97.3 Å². The van der Waals surface area contributed by atoms with E-state index >= 15 is 0 Å². The van der Waals surface area contributed by atoms with E-state index in [1.54, 1.807) is 20.8 Å². The molecule has 0 saturated carbocycles. The first-order chi connectivity index (χ1) is 16.2. The predicted octanol–water partition coefficient (Wildman–Crippen LogP) is 4.86. The van der Waals surface area contributed by atoms with Crippen molar-refractivity contribution in [3.05, 3.63) is 40.4 Å². The van der Waals surface area contributed by atoms with Crippen LogP contribution in [0.3, 0.4) is 0 Å². The molecule has 1 N–H and O–H groups in total. The second kappa shape index (κ2) is 10.0. The second-order valence-corrected chi connectivity index (χ2v) is 9.86. The number of nitrogens with one attached hydrogen (secondary N) is 1. The molecule has 8 nitrogen and oxygen atoms in total. The molecule has 190 valence electrons. The highest BCUT2D eigenvalue weighted by molar-refractivity contribution is 9.10. The summed E-state index contributed by atoms with van der Waals surface area (Å²) in [4.78, 5) is 37.4. The molecule has 0 bridgehead atoms. The number of pyridine rings is 1. The maximum Gasteiger partial charge on any atom is 0.451 e. The van der Waals surface area contributed by atoms with E-state index in [0.29, 0.717) is 12.8 Å². The van der Waals surface area contributed by atoms with E-state index in [-0.39, 0.29) is 34.0 Å². The number of alkyl halides is 3. The van der Waals surface area contributed by atoms with Crippen LogP contribution in [0, 0.1) is 5.82 Å². The van der Waals surface area contributed by atoms with Crippen LogP contribution in [0.1, 0.15) is 52.1 Å². The van der Waals surface area contributed by atoms with Gasteiger partial charge in [-0.25, -0.2) is 24.1 Å². The lowest BCUT2D eigenvalue weighted by molar-refractivity contribution is -0.145. The van der Waals surface area contributed by atoms with Crippen LogP contribution in [0.25, 0.3) is 11.1 Å². The third-order valence-electron chi connectivity index (χ3n) is 5.21. The van der Waals surface area contributed by atoms with Gasteiger partial charge in [0.15, 0.2) is 5.82 Å². The summed E-state index contributed by atoms with van der Waals surface area (Å²) in [5, 5.41) is 2.69. The van der Waals surface area contributed by atoms with Crippen LogP contribution < -0.4 is 5.32 Å². The van der Waals surface area contributed by atoms with Gasteiger partial charge in [-0.2, -0.15) is 13.2 Å². The molecule has 13 heteroatoms. The highest BCUT2D eigenvalue weighted by Gasteiger charge is 2.41. The molecule has 1 aliphatic rings. The number of hydrogen-bond acceptors (Lipinski definition) is 6. The zero-order valence-electron chi connectivity index (χ0n) is 19.4. The van der Waals surface area contributed by atoms with E-state index in [0.717, 1.165) is 12.4 Å². The van der Waals surface area contributed by atoms with E-state index in [1.807, 2.05) is 6.92 Å². The number of carbonyl (C=O) groups is 2. The van der Waals surface area contributed by atoms with E-state index in [2.05, 4.69) is 36.2 Å². The Kier molecular flexibility index (Phi) is 7.68. The molecule has 3 heterocycles. The Morgan fingerprint density at radius 1 is 1.20 bits per heavy atom. The molecule has 0 spiro atoms. The molecule has 1 unspecified atom stereocenters. The lowest BCUT2D eigenvalue weighted by atomic mass is 10.1. The van der Waals surface area contributed by atoms with Crippen molar-refractivity contribution in [2.45, 2.75) is 70.9 Å². The van der Waals surface area contributed by atoms with Gasteiger partial charge in [0.1, 0.15) is 16.2 Å². The lowest BCUT2D eigenvalue weighted by Crippen LogP contribution is -2.49. The number of amides is 2. The molecule has 3 rings (SSSR count). The molecule has 2 aromatic heterocycles. The number of halogens is 5. The molecular formula is C22H24BrF4N5O3. The summed E-state index contributed by atoms with van der Waals surface area (Å²) >= 11 is 2.99. The van der Waals surface area contributed by atoms with E-state index in [1.165, 1.54) is 11.0 Å². The molecule has 0 aromatic carbocycles. The van der Waals surface area contributed by atoms with E-state index in [4.69, 9.17) is 4.74 Å². The van der Waals surface area contributed by atoms with E-state index in [9.17, 15) is 27.2 Å². The fourth-order valence-electron chi connectivity index (χ4n) is 3.62. The van der Waals surface area contributed by atoms with Crippen LogP contribution in [0.4, 0.5) is 22.4 Å². The Labute approximate surface area is 207 Å². The smallest absolute Gasteiger partial charge is 0.444 e. The quantitative estimate of drug-likeness (QED) is 0.422. The van der Waals surface area contributed by atoms with E-state index < -0.39 is 41.5 Å². The van der Waals surface area contributed by atoms with Gasteiger partial charge in [0.2, 0.25) is 11.7 Å². The molecule has 0 aliphatic carbocycles. The summed E-state index contributed by atoms with van der Waals surface area (Å²) in [6, 6.07) is 0.353. The maximum atomic E-state index is 14.6. The third-order valence-corrected chi connectivity index (χ3v) is 5.73. The van der Waals surface area contributed by atoms with Crippen LogP contribution in [0.5, 0.6) is 0 Å². The van der Waals surface area contributed by atoms with Gasteiger partial charge in [0.05, 0.1) is 12.2 Å². The van der Waals surface area contributed by atoms with Gasteiger partial charge in [-0.1, -0.05) is 0 Å². The van der Waals surface area contributed by atoms with Crippen molar-refractivity contribution in [3.63, 3.8) is 0 Å². The molecule has 2 aromatic rings. The molecule has 0 radical (unpaired) electrons. The predicted molar refractivity (Wildman–Crippen MR) is 120 cm³/mol. The van der Waals surface area contributed by atoms with Crippen LogP contribution >= 0.6 is 15.9 Å². The number of ether oxygens (including phenoxy) is 1. The van der Waals surface area contributed by atoms with Crippen molar-refractivity contribution in [2.75, 3.05) is 0 Å². The third kappa shape index (κ3) is 6.44. The average molecular weight is 562 g/mol. The molecular weight excluding hydrogens is 538 g/mol. The number of likely N-dealkylation sites (tertiary alicyclic amines) is 1. The molecule has 2 atom stereocenters. The van der Waals surface area contributed by atoms with Gasteiger partial charge >= 0.3 is 12.3 Å². The molecule has 1 aliphatic heterocycles. The summed E-state index contributed by atoms with van der Waals surface area (Å²) in [5.41, 5.74) is -0.568. The summed E-state index contributed by atoms with van der Waals surface area (Å²) in [5.74, 6) is -2.59.